The summed E-state index contributed by atoms with van der Waals surface area (Å²) in [5, 5.41) is 12.9. The lowest BCUT2D eigenvalue weighted by molar-refractivity contribution is 0.142. The summed E-state index contributed by atoms with van der Waals surface area (Å²) < 4.78 is 6.07. The number of aliphatic hydroxyl groups excluding tert-OH is 1. The fourth-order valence-electron chi connectivity index (χ4n) is 3.64. The molecular weight excluding hydrogens is 426 g/mol. The molecule has 10 heteroatoms. The second kappa shape index (κ2) is 10.8. The molecule has 2 N–H and O–H groups in total. The molecule has 3 aromatic heterocycles. The molecule has 0 atom stereocenters. The monoisotopic (exact) mass is 455 g/mol. The van der Waals surface area contributed by atoms with E-state index in [9.17, 15) is 0 Å². The number of ether oxygens (including phenoxy) is 1. The van der Waals surface area contributed by atoms with Crippen LogP contribution in [0.15, 0.2) is 24.7 Å². The standard InChI is InChI=1S/C22H29N7O2S/c1-15-10-18(27-21(26-15)31-17-6-4-3-5-7-17)19-12-25-22(32-19)28-20-13-23-16(11-24-20)14-29(2)8-9-30/h10-13,17,30H,3-9,14H2,1-2H3,(H,24,25,28). The quantitative estimate of drug-likeness (QED) is 0.500. The maximum Gasteiger partial charge on any atom is 0.317 e. The van der Waals surface area contributed by atoms with Gasteiger partial charge in [0.1, 0.15) is 6.10 Å². The summed E-state index contributed by atoms with van der Waals surface area (Å²) in [5.41, 5.74) is 2.52. The summed E-state index contributed by atoms with van der Waals surface area (Å²) >= 11 is 1.49. The lowest BCUT2D eigenvalue weighted by atomic mass is 9.98. The van der Waals surface area contributed by atoms with Crippen molar-refractivity contribution < 1.29 is 9.84 Å². The summed E-state index contributed by atoms with van der Waals surface area (Å²) in [5.74, 6) is 0.625. The van der Waals surface area contributed by atoms with Crippen molar-refractivity contribution in [3.05, 3.63) is 36.0 Å². The maximum absolute atomic E-state index is 9.00. The van der Waals surface area contributed by atoms with Crippen LogP contribution in [-0.4, -0.2) is 61.2 Å². The van der Waals surface area contributed by atoms with E-state index in [0.29, 0.717) is 30.0 Å². The average Bonchev–Trinajstić information content (AvgIpc) is 3.24. The Hall–Kier alpha value is -2.69. The van der Waals surface area contributed by atoms with E-state index >= 15 is 0 Å². The molecule has 0 bridgehead atoms. The van der Waals surface area contributed by atoms with Gasteiger partial charge >= 0.3 is 6.01 Å². The van der Waals surface area contributed by atoms with E-state index in [1.807, 2.05) is 24.9 Å². The minimum Gasteiger partial charge on any atom is -0.460 e. The molecule has 9 nitrogen and oxygen atoms in total. The maximum atomic E-state index is 9.00. The Morgan fingerprint density at radius 3 is 2.72 bits per heavy atom. The van der Waals surface area contributed by atoms with Crippen LogP contribution in [0.5, 0.6) is 6.01 Å². The van der Waals surface area contributed by atoms with Gasteiger partial charge in [-0.25, -0.2) is 15.0 Å². The summed E-state index contributed by atoms with van der Waals surface area (Å²) in [7, 11) is 1.93. The number of anilines is 2. The van der Waals surface area contributed by atoms with E-state index in [-0.39, 0.29) is 12.7 Å². The first-order valence-corrected chi connectivity index (χ1v) is 11.8. The van der Waals surface area contributed by atoms with Crippen molar-refractivity contribution in [3.63, 3.8) is 0 Å². The van der Waals surface area contributed by atoms with E-state index in [4.69, 9.17) is 9.84 Å². The van der Waals surface area contributed by atoms with E-state index < -0.39 is 0 Å². The van der Waals surface area contributed by atoms with Crippen molar-refractivity contribution in [2.75, 3.05) is 25.5 Å². The van der Waals surface area contributed by atoms with Gasteiger partial charge < -0.3 is 15.2 Å². The molecule has 0 radical (unpaired) electrons. The van der Waals surface area contributed by atoms with Crippen LogP contribution in [0.3, 0.4) is 0 Å². The number of aliphatic hydroxyl groups is 1. The van der Waals surface area contributed by atoms with E-state index in [2.05, 4.69) is 30.2 Å². The van der Waals surface area contributed by atoms with Crippen LogP contribution in [0.2, 0.25) is 0 Å². The van der Waals surface area contributed by atoms with Crippen LogP contribution in [0, 0.1) is 6.92 Å². The molecule has 0 aromatic carbocycles. The van der Waals surface area contributed by atoms with E-state index in [1.165, 1.54) is 30.6 Å². The predicted octanol–water partition coefficient (Wildman–Crippen LogP) is 3.58. The molecule has 32 heavy (non-hydrogen) atoms. The Morgan fingerprint density at radius 1 is 1.12 bits per heavy atom. The van der Waals surface area contributed by atoms with Crippen LogP contribution in [0.25, 0.3) is 10.6 Å². The Labute approximate surface area is 192 Å². The van der Waals surface area contributed by atoms with Gasteiger partial charge in [-0.15, -0.1) is 0 Å². The van der Waals surface area contributed by atoms with Crippen molar-refractivity contribution >= 4 is 22.3 Å². The zero-order valence-corrected chi connectivity index (χ0v) is 19.3. The van der Waals surface area contributed by atoms with Gasteiger partial charge in [-0.2, -0.15) is 4.98 Å². The van der Waals surface area contributed by atoms with Gasteiger partial charge in [0.25, 0.3) is 0 Å². The lowest BCUT2D eigenvalue weighted by Crippen LogP contribution is -2.22. The Balaban J connectivity index is 1.41. The number of aryl methyl sites for hydroxylation is 1. The number of nitrogens with one attached hydrogen (secondary N) is 1. The molecule has 0 saturated heterocycles. The number of aromatic nitrogens is 5. The van der Waals surface area contributed by atoms with Gasteiger partial charge in [0.15, 0.2) is 10.9 Å². The second-order valence-corrected chi connectivity index (χ2v) is 9.09. The topological polar surface area (TPSA) is 109 Å². The first-order chi connectivity index (χ1) is 15.6. The zero-order valence-electron chi connectivity index (χ0n) is 18.5. The number of hydrogen-bond donors (Lipinski definition) is 2. The largest absolute Gasteiger partial charge is 0.460 e. The first-order valence-electron chi connectivity index (χ1n) is 10.9. The highest BCUT2D eigenvalue weighted by Gasteiger charge is 2.17. The number of hydrogen-bond acceptors (Lipinski definition) is 10. The molecule has 1 aliphatic carbocycles. The highest BCUT2D eigenvalue weighted by atomic mass is 32.1. The highest BCUT2D eigenvalue weighted by molar-refractivity contribution is 7.18. The van der Waals surface area contributed by atoms with Crippen LogP contribution in [0.4, 0.5) is 10.9 Å². The number of rotatable bonds is 9. The molecule has 3 aromatic rings. The Bertz CT molecular complexity index is 1010. The molecule has 1 aliphatic rings. The van der Waals surface area contributed by atoms with Crippen molar-refractivity contribution in [3.8, 4) is 16.6 Å². The average molecular weight is 456 g/mol. The van der Waals surface area contributed by atoms with Crippen molar-refractivity contribution in [2.45, 2.75) is 51.7 Å². The molecule has 170 valence electrons. The number of nitrogens with zero attached hydrogens (tertiary/aromatic N) is 6. The van der Waals surface area contributed by atoms with E-state index in [1.54, 1.807) is 18.6 Å². The third-order valence-corrected chi connectivity index (χ3v) is 6.21. The molecule has 0 spiro atoms. The summed E-state index contributed by atoms with van der Waals surface area (Å²) in [6.07, 6.45) is 11.3. The summed E-state index contributed by atoms with van der Waals surface area (Å²) in [4.78, 5) is 25.3. The first kappa shape index (κ1) is 22.5. The van der Waals surface area contributed by atoms with Crippen LogP contribution < -0.4 is 10.1 Å². The minimum absolute atomic E-state index is 0.121. The molecule has 1 saturated carbocycles. The van der Waals surface area contributed by atoms with Gasteiger partial charge in [0, 0.05) is 25.0 Å². The van der Waals surface area contributed by atoms with Gasteiger partial charge in [0.2, 0.25) is 0 Å². The predicted molar refractivity (Wildman–Crippen MR) is 124 cm³/mol. The van der Waals surface area contributed by atoms with Crippen LogP contribution >= 0.6 is 11.3 Å². The molecule has 1 fully saturated rings. The number of thiazole rings is 1. The summed E-state index contributed by atoms with van der Waals surface area (Å²) in [6.45, 7) is 3.30. The van der Waals surface area contributed by atoms with Crippen LogP contribution in [0.1, 0.15) is 43.5 Å². The minimum atomic E-state index is 0.121. The third-order valence-electron chi connectivity index (χ3n) is 5.27. The Morgan fingerprint density at radius 2 is 1.97 bits per heavy atom. The molecule has 0 aliphatic heterocycles. The Kier molecular flexibility index (Phi) is 7.56. The smallest absolute Gasteiger partial charge is 0.317 e. The molecule has 3 heterocycles. The van der Waals surface area contributed by atoms with E-state index in [0.717, 1.165) is 34.8 Å². The molecule has 0 amide bonds. The molecule has 4 rings (SSSR count). The fourth-order valence-corrected chi connectivity index (χ4v) is 4.42. The van der Waals surface area contributed by atoms with Gasteiger partial charge in [-0.3, -0.25) is 9.88 Å². The summed E-state index contributed by atoms with van der Waals surface area (Å²) in [6, 6.07) is 2.39. The van der Waals surface area contributed by atoms with Crippen molar-refractivity contribution in [2.24, 2.45) is 0 Å². The van der Waals surface area contributed by atoms with Gasteiger partial charge in [-0.1, -0.05) is 17.8 Å². The van der Waals surface area contributed by atoms with Gasteiger partial charge in [-0.05, 0) is 45.7 Å². The van der Waals surface area contributed by atoms with Gasteiger partial charge in [0.05, 0.1) is 35.3 Å². The fraction of sp³-hybridized carbons (Fsp3) is 0.500. The third kappa shape index (κ3) is 6.18. The van der Waals surface area contributed by atoms with Crippen LogP contribution in [-0.2, 0) is 6.54 Å². The molecular formula is C22H29N7O2S. The van der Waals surface area contributed by atoms with Crippen molar-refractivity contribution in [1.82, 2.24) is 29.8 Å². The van der Waals surface area contributed by atoms with Crippen molar-refractivity contribution in [1.29, 1.82) is 0 Å². The second-order valence-electron chi connectivity index (χ2n) is 8.06. The zero-order chi connectivity index (χ0) is 22.3. The molecule has 0 unspecified atom stereocenters. The normalized spacial score (nSPS) is 14.6. The highest BCUT2D eigenvalue weighted by Crippen LogP contribution is 2.31. The SMILES string of the molecule is Cc1cc(-c2cnc(Nc3cnc(CN(C)CCO)cn3)s2)nc(OC2CCCCC2)n1. The lowest BCUT2D eigenvalue weighted by Gasteiger charge is -2.21. The number of likely N-dealkylation sites (N-methyl/N-ethyl adjacent to an activating group) is 1.